The monoisotopic (exact) mass is 423 g/mol. The molecule has 22 heavy (non-hydrogen) atoms. The van der Waals surface area contributed by atoms with Crippen LogP contribution in [0.5, 0.6) is 0 Å². The summed E-state index contributed by atoms with van der Waals surface area (Å²) < 4.78 is 50.9. The summed E-state index contributed by atoms with van der Waals surface area (Å²) in [7, 11) is -7.57. The zero-order chi connectivity index (χ0) is 16.5. The number of nitrogens with one attached hydrogen (secondary N) is 1. The van der Waals surface area contributed by atoms with Crippen molar-refractivity contribution in [2.24, 2.45) is 0 Å². The molecule has 0 aliphatic heterocycles. The lowest BCUT2D eigenvalue weighted by Gasteiger charge is -2.11. The maximum absolute atomic E-state index is 12.4. The van der Waals surface area contributed by atoms with E-state index in [-0.39, 0.29) is 14.8 Å². The predicted octanol–water partition coefficient (Wildman–Crippen LogP) is 3.31. The van der Waals surface area contributed by atoms with Crippen LogP contribution in [-0.2, 0) is 19.9 Å². The number of sulfonamides is 1. The molecule has 5 nitrogen and oxygen atoms in total. The van der Waals surface area contributed by atoms with E-state index >= 15 is 0 Å². The van der Waals surface area contributed by atoms with Gasteiger partial charge >= 0.3 is 0 Å². The molecule has 0 atom stereocenters. The first kappa shape index (κ1) is 17.3. The van der Waals surface area contributed by atoms with E-state index in [9.17, 15) is 16.8 Å². The first-order valence-corrected chi connectivity index (χ1v) is 10.4. The van der Waals surface area contributed by atoms with Crippen LogP contribution in [0.1, 0.15) is 0 Å². The Labute approximate surface area is 142 Å². The van der Waals surface area contributed by atoms with Crippen molar-refractivity contribution in [3.05, 3.63) is 52.0 Å². The Bertz CT molecular complexity index is 927. The van der Waals surface area contributed by atoms with Crippen LogP contribution in [-0.4, -0.2) is 23.1 Å². The van der Waals surface area contributed by atoms with Crippen molar-refractivity contribution in [1.29, 1.82) is 0 Å². The highest BCUT2D eigenvalue weighted by Crippen LogP contribution is 2.29. The van der Waals surface area contributed by atoms with E-state index in [1.54, 1.807) is 24.3 Å². The molecular formula is C13H11BrClNO4S2. The minimum absolute atomic E-state index is 0.0630. The Morgan fingerprint density at radius 1 is 1.05 bits per heavy atom. The summed E-state index contributed by atoms with van der Waals surface area (Å²) >= 11 is 9.14. The minimum Gasteiger partial charge on any atom is -0.278 e. The van der Waals surface area contributed by atoms with Gasteiger partial charge in [-0.2, -0.15) is 0 Å². The summed E-state index contributed by atoms with van der Waals surface area (Å²) in [6.07, 6.45) is 0.994. The molecule has 118 valence electrons. The second-order valence-electron chi connectivity index (χ2n) is 4.45. The molecule has 0 radical (unpaired) electrons. The molecule has 9 heteroatoms. The van der Waals surface area contributed by atoms with Crippen molar-refractivity contribution in [3.8, 4) is 0 Å². The second-order valence-corrected chi connectivity index (χ2v) is 9.38. The third-order valence-corrected chi connectivity index (χ3v) is 6.39. The SMILES string of the molecule is CS(=O)(=O)c1ccc(Cl)c(S(=O)(=O)Nc2ccccc2Br)c1. The maximum atomic E-state index is 12.4. The van der Waals surface area contributed by atoms with Crippen molar-refractivity contribution in [1.82, 2.24) is 0 Å². The van der Waals surface area contributed by atoms with Crippen LogP contribution in [0.25, 0.3) is 0 Å². The van der Waals surface area contributed by atoms with Crippen LogP contribution in [0.4, 0.5) is 5.69 Å². The zero-order valence-corrected chi connectivity index (χ0v) is 15.2. The summed E-state index contributed by atoms with van der Waals surface area (Å²) in [6.45, 7) is 0. The summed E-state index contributed by atoms with van der Waals surface area (Å²) in [5, 5.41) is -0.0630. The fraction of sp³-hybridized carbons (Fsp3) is 0.0769. The highest BCUT2D eigenvalue weighted by molar-refractivity contribution is 9.10. The highest BCUT2D eigenvalue weighted by Gasteiger charge is 2.21. The molecule has 2 aromatic rings. The second kappa shape index (κ2) is 6.19. The van der Waals surface area contributed by atoms with Gasteiger partial charge in [0.25, 0.3) is 10.0 Å². The average molecular weight is 425 g/mol. The van der Waals surface area contributed by atoms with Crippen LogP contribution in [0.2, 0.25) is 5.02 Å². The fourth-order valence-electron chi connectivity index (χ4n) is 1.66. The Morgan fingerprint density at radius 2 is 1.68 bits per heavy atom. The maximum Gasteiger partial charge on any atom is 0.263 e. The van der Waals surface area contributed by atoms with Crippen molar-refractivity contribution >= 4 is 53.1 Å². The quantitative estimate of drug-likeness (QED) is 0.816. The smallest absolute Gasteiger partial charge is 0.263 e. The van der Waals surface area contributed by atoms with E-state index in [1.165, 1.54) is 12.1 Å². The topological polar surface area (TPSA) is 80.3 Å². The van der Waals surface area contributed by atoms with Gasteiger partial charge in [0.1, 0.15) is 4.90 Å². The number of hydrogen-bond donors (Lipinski definition) is 1. The molecule has 0 bridgehead atoms. The van der Waals surface area contributed by atoms with Gasteiger partial charge in [-0.1, -0.05) is 23.7 Å². The Morgan fingerprint density at radius 3 is 2.27 bits per heavy atom. The van der Waals surface area contributed by atoms with Gasteiger partial charge in [-0.05, 0) is 46.3 Å². The lowest BCUT2D eigenvalue weighted by molar-refractivity contribution is 0.600. The molecule has 0 heterocycles. The van der Waals surface area contributed by atoms with Crippen molar-refractivity contribution in [2.75, 3.05) is 11.0 Å². The van der Waals surface area contributed by atoms with Gasteiger partial charge in [0.2, 0.25) is 0 Å². The lowest BCUT2D eigenvalue weighted by atomic mass is 10.3. The van der Waals surface area contributed by atoms with Gasteiger partial charge in [-0.25, -0.2) is 16.8 Å². The average Bonchev–Trinajstić information content (AvgIpc) is 2.40. The number of rotatable bonds is 4. The number of halogens is 2. The van der Waals surface area contributed by atoms with Gasteiger partial charge in [0.15, 0.2) is 9.84 Å². The molecule has 0 fully saturated rings. The molecule has 2 aromatic carbocycles. The summed E-state index contributed by atoms with van der Waals surface area (Å²) in [5.74, 6) is 0. The third kappa shape index (κ3) is 3.81. The molecule has 0 aliphatic rings. The minimum atomic E-state index is -4.03. The number of hydrogen-bond acceptors (Lipinski definition) is 4. The van der Waals surface area contributed by atoms with Crippen molar-refractivity contribution < 1.29 is 16.8 Å². The Kier molecular flexibility index (Phi) is 4.86. The molecule has 1 N–H and O–H groups in total. The van der Waals surface area contributed by atoms with Crippen LogP contribution < -0.4 is 4.72 Å². The molecule has 0 saturated heterocycles. The van der Waals surface area contributed by atoms with E-state index < -0.39 is 19.9 Å². The van der Waals surface area contributed by atoms with Gasteiger partial charge in [0, 0.05) is 10.7 Å². The Hall–Kier alpha value is -1.09. The molecule has 0 spiro atoms. The lowest BCUT2D eigenvalue weighted by Crippen LogP contribution is -2.14. The zero-order valence-electron chi connectivity index (χ0n) is 11.2. The van der Waals surface area contributed by atoms with Crippen LogP contribution >= 0.6 is 27.5 Å². The van der Waals surface area contributed by atoms with E-state index in [0.717, 1.165) is 12.3 Å². The van der Waals surface area contributed by atoms with Crippen LogP contribution in [0.3, 0.4) is 0 Å². The standard InChI is InChI=1S/C13H11BrClNO4S2/c1-21(17,18)9-6-7-11(15)13(8-9)22(19,20)16-12-5-3-2-4-10(12)14/h2-8,16H,1H3. The van der Waals surface area contributed by atoms with E-state index in [2.05, 4.69) is 20.7 Å². The molecule has 0 saturated carbocycles. The summed E-state index contributed by atoms with van der Waals surface area (Å²) in [5.41, 5.74) is 0.323. The van der Waals surface area contributed by atoms with Crippen LogP contribution in [0.15, 0.2) is 56.7 Å². The number of benzene rings is 2. The van der Waals surface area contributed by atoms with Gasteiger partial charge in [-0.15, -0.1) is 0 Å². The first-order chi connectivity index (χ1) is 10.1. The fourth-order valence-corrected chi connectivity index (χ4v) is 4.51. The van der Waals surface area contributed by atoms with Gasteiger partial charge in [0.05, 0.1) is 15.6 Å². The van der Waals surface area contributed by atoms with Crippen LogP contribution in [0, 0.1) is 0 Å². The van der Waals surface area contributed by atoms with E-state index in [0.29, 0.717) is 10.2 Å². The predicted molar refractivity (Wildman–Crippen MR) is 89.5 cm³/mol. The molecular weight excluding hydrogens is 414 g/mol. The van der Waals surface area contributed by atoms with Crippen molar-refractivity contribution in [3.63, 3.8) is 0 Å². The molecule has 0 amide bonds. The molecule has 0 aliphatic carbocycles. The molecule has 0 aromatic heterocycles. The van der Waals surface area contributed by atoms with Crippen molar-refractivity contribution in [2.45, 2.75) is 9.79 Å². The third-order valence-electron chi connectivity index (χ3n) is 2.74. The normalized spacial score (nSPS) is 12.1. The van der Waals surface area contributed by atoms with E-state index in [4.69, 9.17) is 11.6 Å². The van der Waals surface area contributed by atoms with E-state index in [1.807, 2.05) is 0 Å². The number of para-hydroxylation sites is 1. The van der Waals surface area contributed by atoms with Gasteiger partial charge < -0.3 is 0 Å². The molecule has 2 rings (SSSR count). The van der Waals surface area contributed by atoms with Gasteiger partial charge in [-0.3, -0.25) is 4.72 Å². The summed E-state index contributed by atoms with van der Waals surface area (Å²) in [6, 6.07) is 10.2. The number of anilines is 1. The first-order valence-electron chi connectivity index (χ1n) is 5.88. The Balaban J connectivity index is 2.53. The summed E-state index contributed by atoms with van der Waals surface area (Å²) in [4.78, 5) is -0.419. The highest BCUT2D eigenvalue weighted by atomic mass is 79.9. The largest absolute Gasteiger partial charge is 0.278 e. The molecule has 0 unspecified atom stereocenters. The number of sulfone groups is 1.